The van der Waals surface area contributed by atoms with Crippen LogP contribution in [0.5, 0.6) is 0 Å². The fourth-order valence-corrected chi connectivity index (χ4v) is 1.99. The number of hydrogen-bond donors (Lipinski definition) is 1. The van der Waals surface area contributed by atoms with E-state index in [0.717, 1.165) is 0 Å². The number of aromatic amines is 1. The summed E-state index contributed by atoms with van der Waals surface area (Å²) in [6.45, 7) is 0. The third-order valence-corrected chi connectivity index (χ3v) is 4.29. The number of halogens is 3. The Bertz CT molecular complexity index is 307. The van der Waals surface area contributed by atoms with Crippen LogP contribution in [0.25, 0.3) is 0 Å². The zero-order valence-electron chi connectivity index (χ0n) is 4.95. The van der Waals surface area contributed by atoms with Crippen LogP contribution < -0.4 is 5.11 Å². The molecule has 11 heavy (non-hydrogen) atoms. The van der Waals surface area contributed by atoms with Crippen LogP contribution in [0.4, 0.5) is 0 Å². The summed E-state index contributed by atoms with van der Waals surface area (Å²) < 4.78 is 1.66. The van der Waals surface area contributed by atoms with Crippen molar-refractivity contribution in [3.8, 4) is 0 Å². The van der Waals surface area contributed by atoms with Gasteiger partial charge in [0.15, 0.2) is 0 Å². The van der Waals surface area contributed by atoms with E-state index < -0.39 is 5.97 Å². The van der Waals surface area contributed by atoms with Gasteiger partial charge in [0.25, 0.3) is 0 Å². The lowest BCUT2D eigenvalue weighted by Gasteiger charge is -1.97. The largest absolute Gasteiger partial charge is 0.543 e. The number of carbonyl (C=O) groups is 1. The maximum absolute atomic E-state index is 10.4. The standard InChI is InChI=1S/C5H2Br3NO2/c6-1-2(7)4(8)9-3(1)5(10)11/h9H,(H,10,11)/p-1. The quantitative estimate of drug-likeness (QED) is 0.841. The molecule has 0 aliphatic rings. The summed E-state index contributed by atoms with van der Waals surface area (Å²) in [5.74, 6) is -1.25. The highest BCUT2D eigenvalue weighted by atomic mass is 79.9. The van der Waals surface area contributed by atoms with Crippen LogP contribution in [0.1, 0.15) is 10.5 Å². The maximum Gasteiger partial charge on any atom is 0.0981 e. The summed E-state index contributed by atoms with van der Waals surface area (Å²) >= 11 is 9.34. The van der Waals surface area contributed by atoms with Crippen molar-refractivity contribution in [3.63, 3.8) is 0 Å². The molecular weight excluding hydrogens is 346 g/mol. The Morgan fingerprint density at radius 1 is 1.27 bits per heavy atom. The molecule has 1 N–H and O–H groups in total. The van der Waals surface area contributed by atoms with Gasteiger partial charge < -0.3 is 14.9 Å². The van der Waals surface area contributed by atoms with Gasteiger partial charge >= 0.3 is 0 Å². The highest BCUT2D eigenvalue weighted by molar-refractivity contribution is 9.14. The molecule has 0 aliphatic heterocycles. The Morgan fingerprint density at radius 2 is 1.82 bits per heavy atom. The van der Waals surface area contributed by atoms with Crippen molar-refractivity contribution in [2.45, 2.75) is 0 Å². The van der Waals surface area contributed by atoms with Gasteiger partial charge in [-0.1, -0.05) is 0 Å². The Kier molecular flexibility index (Phi) is 2.77. The van der Waals surface area contributed by atoms with Gasteiger partial charge in [0.05, 0.1) is 25.2 Å². The second-order valence-corrected chi connectivity index (χ2v) is 4.11. The summed E-state index contributed by atoms with van der Waals surface area (Å²) in [6, 6.07) is 0. The van der Waals surface area contributed by atoms with E-state index in [0.29, 0.717) is 13.5 Å². The molecule has 0 atom stereocenters. The smallest absolute Gasteiger partial charge is 0.0981 e. The third-order valence-electron chi connectivity index (χ3n) is 1.04. The van der Waals surface area contributed by atoms with E-state index in [1.807, 2.05) is 0 Å². The number of rotatable bonds is 1. The van der Waals surface area contributed by atoms with Crippen LogP contribution in [0.2, 0.25) is 0 Å². The van der Waals surface area contributed by atoms with Crippen molar-refractivity contribution in [2.24, 2.45) is 0 Å². The van der Waals surface area contributed by atoms with Gasteiger partial charge in [-0.2, -0.15) is 0 Å². The molecule has 0 aliphatic carbocycles. The molecule has 0 bridgehead atoms. The summed E-state index contributed by atoms with van der Waals surface area (Å²) in [7, 11) is 0. The monoisotopic (exact) mass is 344 g/mol. The molecule has 0 unspecified atom stereocenters. The second kappa shape index (κ2) is 3.28. The molecule has 60 valence electrons. The first kappa shape index (κ1) is 9.28. The minimum absolute atomic E-state index is 0.0174. The molecule has 3 nitrogen and oxygen atoms in total. The first-order chi connectivity index (χ1) is 5.04. The zero-order chi connectivity index (χ0) is 8.59. The minimum Gasteiger partial charge on any atom is -0.543 e. The van der Waals surface area contributed by atoms with Gasteiger partial charge in [-0.25, -0.2) is 0 Å². The summed E-state index contributed by atoms with van der Waals surface area (Å²) in [5, 5.41) is 10.4. The van der Waals surface area contributed by atoms with Crippen molar-refractivity contribution in [3.05, 3.63) is 19.2 Å². The van der Waals surface area contributed by atoms with Crippen LogP contribution in [-0.4, -0.2) is 11.0 Å². The topological polar surface area (TPSA) is 55.9 Å². The van der Waals surface area contributed by atoms with Gasteiger partial charge in [-0.05, 0) is 47.8 Å². The van der Waals surface area contributed by atoms with E-state index in [2.05, 4.69) is 52.8 Å². The molecule has 0 aromatic carbocycles. The fraction of sp³-hybridized carbons (Fsp3) is 0. The molecule has 0 radical (unpaired) electrons. The van der Waals surface area contributed by atoms with Crippen molar-refractivity contribution in [2.75, 3.05) is 0 Å². The molecule has 0 amide bonds. The van der Waals surface area contributed by atoms with Gasteiger partial charge in [-0.15, -0.1) is 0 Å². The number of aromatic nitrogens is 1. The number of carboxylic acids is 1. The molecule has 1 rings (SSSR count). The van der Waals surface area contributed by atoms with Crippen LogP contribution in [-0.2, 0) is 0 Å². The molecule has 1 heterocycles. The Hall–Kier alpha value is 0.190. The average Bonchev–Trinajstić information content (AvgIpc) is 2.17. The van der Waals surface area contributed by atoms with E-state index in [4.69, 9.17) is 0 Å². The molecule has 1 aromatic rings. The summed E-state index contributed by atoms with van der Waals surface area (Å²) in [4.78, 5) is 12.9. The number of carbonyl (C=O) groups excluding carboxylic acids is 1. The highest BCUT2D eigenvalue weighted by Gasteiger charge is 2.11. The van der Waals surface area contributed by atoms with E-state index in [-0.39, 0.29) is 5.69 Å². The number of nitrogens with one attached hydrogen (secondary N) is 1. The molecule has 0 fully saturated rings. The van der Waals surface area contributed by atoms with Crippen LogP contribution in [0.3, 0.4) is 0 Å². The Labute approximate surface area is 87.6 Å². The van der Waals surface area contributed by atoms with Crippen LogP contribution in [0, 0.1) is 0 Å². The number of carboxylic acid groups (broad SMARTS) is 1. The lowest BCUT2D eigenvalue weighted by molar-refractivity contribution is -0.255. The summed E-state index contributed by atoms with van der Waals surface area (Å²) in [6.07, 6.45) is 0. The first-order valence-electron chi connectivity index (χ1n) is 2.48. The molecule has 6 heteroatoms. The maximum atomic E-state index is 10.4. The first-order valence-corrected chi connectivity index (χ1v) is 4.85. The van der Waals surface area contributed by atoms with E-state index in [1.165, 1.54) is 0 Å². The molecule has 0 saturated heterocycles. The molecule has 1 aromatic heterocycles. The minimum atomic E-state index is -1.25. The Balaban J connectivity index is 3.29. The average molecular weight is 347 g/mol. The predicted octanol–water partition coefficient (Wildman–Crippen LogP) is 1.67. The Morgan fingerprint density at radius 3 is 2.00 bits per heavy atom. The van der Waals surface area contributed by atoms with Crippen molar-refractivity contribution < 1.29 is 9.90 Å². The molecular formula is C5HBr3NO2-. The van der Waals surface area contributed by atoms with Crippen LogP contribution >= 0.6 is 47.8 Å². The lowest BCUT2D eigenvalue weighted by atomic mass is 10.4. The van der Waals surface area contributed by atoms with E-state index >= 15 is 0 Å². The number of H-pyrrole nitrogens is 1. The normalized spacial score (nSPS) is 10.1. The number of hydrogen-bond acceptors (Lipinski definition) is 2. The SMILES string of the molecule is O=C([O-])c1[nH]c(Br)c(Br)c1Br. The molecule has 0 spiro atoms. The van der Waals surface area contributed by atoms with Gasteiger partial charge in [0, 0.05) is 0 Å². The predicted molar refractivity (Wildman–Crippen MR) is 48.2 cm³/mol. The highest BCUT2D eigenvalue weighted by Crippen LogP contribution is 2.33. The molecule has 0 saturated carbocycles. The summed E-state index contributed by atoms with van der Waals surface area (Å²) in [5.41, 5.74) is 0.0174. The zero-order valence-corrected chi connectivity index (χ0v) is 9.71. The van der Waals surface area contributed by atoms with E-state index in [9.17, 15) is 9.90 Å². The third kappa shape index (κ3) is 1.68. The van der Waals surface area contributed by atoms with Crippen molar-refractivity contribution >= 4 is 53.8 Å². The van der Waals surface area contributed by atoms with Gasteiger partial charge in [0.2, 0.25) is 0 Å². The van der Waals surface area contributed by atoms with Gasteiger partial charge in [-0.3, -0.25) is 0 Å². The number of aromatic carboxylic acids is 1. The van der Waals surface area contributed by atoms with Crippen molar-refractivity contribution in [1.82, 2.24) is 4.98 Å². The van der Waals surface area contributed by atoms with Crippen molar-refractivity contribution in [1.29, 1.82) is 0 Å². The second-order valence-electron chi connectivity index (χ2n) is 1.73. The van der Waals surface area contributed by atoms with Gasteiger partial charge in [0.1, 0.15) is 0 Å². The van der Waals surface area contributed by atoms with E-state index in [1.54, 1.807) is 0 Å². The van der Waals surface area contributed by atoms with Crippen LogP contribution in [0.15, 0.2) is 13.5 Å². The lowest BCUT2D eigenvalue weighted by Crippen LogP contribution is -2.23. The fourth-order valence-electron chi connectivity index (χ4n) is 0.566.